The van der Waals surface area contributed by atoms with E-state index in [1.54, 1.807) is 19.1 Å². The van der Waals surface area contributed by atoms with Gasteiger partial charge in [0.2, 0.25) is 5.91 Å². The molecule has 0 aliphatic carbocycles. The standard InChI is InChI=1S/C20H21ClN4O2S/c1-14-22-23-20(25(14)17-5-4-6-18(11-17)27-3)28-13-19(26)24(2)12-15-7-9-16(21)10-8-15/h4-11H,12-13H2,1-3H3. The van der Waals surface area contributed by atoms with Crippen LogP contribution in [0.2, 0.25) is 5.02 Å². The molecule has 0 fully saturated rings. The number of carbonyl (C=O) groups is 1. The molecule has 1 heterocycles. The summed E-state index contributed by atoms with van der Waals surface area (Å²) in [5.41, 5.74) is 1.92. The lowest BCUT2D eigenvalue weighted by molar-refractivity contribution is -0.127. The van der Waals surface area contributed by atoms with Crippen LogP contribution in [0.3, 0.4) is 0 Å². The SMILES string of the molecule is COc1cccc(-n2c(C)nnc2SCC(=O)N(C)Cc2ccc(Cl)cc2)c1. The summed E-state index contributed by atoms with van der Waals surface area (Å²) in [7, 11) is 3.42. The van der Waals surface area contributed by atoms with Crippen LogP contribution in [0.25, 0.3) is 5.69 Å². The minimum atomic E-state index is 0.0118. The number of amides is 1. The van der Waals surface area contributed by atoms with Crippen LogP contribution < -0.4 is 4.74 Å². The first-order valence-corrected chi connectivity index (χ1v) is 10.0. The van der Waals surface area contributed by atoms with Crippen molar-refractivity contribution in [1.82, 2.24) is 19.7 Å². The smallest absolute Gasteiger partial charge is 0.233 e. The molecule has 0 bridgehead atoms. The summed E-state index contributed by atoms with van der Waals surface area (Å²) >= 11 is 7.27. The predicted octanol–water partition coefficient (Wildman–Crippen LogP) is 3.99. The Morgan fingerprint density at radius 3 is 2.68 bits per heavy atom. The normalized spacial score (nSPS) is 10.7. The zero-order valence-electron chi connectivity index (χ0n) is 15.9. The molecule has 1 aromatic heterocycles. The largest absolute Gasteiger partial charge is 0.497 e. The highest BCUT2D eigenvalue weighted by atomic mass is 35.5. The Balaban J connectivity index is 1.67. The summed E-state index contributed by atoms with van der Waals surface area (Å²) in [6.45, 7) is 2.41. The van der Waals surface area contributed by atoms with Gasteiger partial charge in [0, 0.05) is 24.7 Å². The zero-order chi connectivity index (χ0) is 20.1. The Morgan fingerprint density at radius 2 is 1.96 bits per heavy atom. The molecule has 0 saturated carbocycles. The monoisotopic (exact) mass is 416 g/mol. The molecular weight excluding hydrogens is 396 g/mol. The summed E-state index contributed by atoms with van der Waals surface area (Å²) in [5, 5.41) is 9.73. The Bertz CT molecular complexity index is 959. The van der Waals surface area contributed by atoms with Crippen LogP contribution in [0.15, 0.2) is 53.7 Å². The van der Waals surface area contributed by atoms with Crippen LogP contribution in [0.4, 0.5) is 0 Å². The number of nitrogens with zero attached hydrogens (tertiary/aromatic N) is 4. The van der Waals surface area contributed by atoms with E-state index in [0.717, 1.165) is 22.8 Å². The van der Waals surface area contributed by atoms with Crippen LogP contribution in [-0.2, 0) is 11.3 Å². The van der Waals surface area contributed by atoms with E-state index < -0.39 is 0 Å². The average Bonchev–Trinajstić information content (AvgIpc) is 3.08. The number of aromatic nitrogens is 3. The quantitative estimate of drug-likeness (QED) is 0.545. The first-order chi connectivity index (χ1) is 13.5. The maximum Gasteiger partial charge on any atom is 0.233 e. The van der Waals surface area contributed by atoms with Gasteiger partial charge in [-0.2, -0.15) is 0 Å². The molecule has 0 aliphatic rings. The van der Waals surface area contributed by atoms with E-state index in [4.69, 9.17) is 16.3 Å². The number of hydrogen-bond acceptors (Lipinski definition) is 5. The molecule has 3 rings (SSSR count). The average molecular weight is 417 g/mol. The predicted molar refractivity (Wildman–Crippen MR) is 111 cm³/mol. The Morgan fingerprint density at radius 1 is 1.21 bits per heavy atom. The minimum absolute atomic E-state index is 0.0118. The molecule has 0 atom stereocenters. The lowest BCUT2D eigenvalue weighted by Crippen LogP contribution is -2.27. The maximum absolute atomic E-state index is 12.5. The summed E-state index contributed by atoms with van der Waals surface area (Å²) in [6, 6.07) is 15.1. The molecule has 0 radical (unpaired) electrons. The Kier molecular flexibility index (Phi) is 6.59. The molecule has 28 heavy (non-hydrogen) atoms. The van der Waals surface area contributed by atoms with Gasteiger partial charge in [-0.3, -0.25) is 9.36 Å². The van der Waals surface area contributed by atoms with E-state index in [-0.39, 0.29) is 11.7 Å². The van der Waals surface area contributed by atoms with E-state index in [2.05, 4.69) is 10.2 Å². The first-order valence-electron chi connectivity index (χ1n) is 8.65. The van der Waals surface area contributed by atoms with Crippen molar-refractivity contribution in [2.24, 2.45) is 0 Å². The van der Waals surface area contributed by atoms with Crippen molar-refractivity contribution in [3.05, 3.63) is 64.9 Å². The lowest BCUT2D eigenvalue weighted by Gasteiger charge is -2.17. The van der Waals surface area contributed by atoms with Gasteiger partial charge in [-0.1, -0.05) is 41.6 Å². The Hall–Kier alpha value is -2.51. The molecule has 8 heteroatoms. The molecule has 0 spiro atoms. The van der Waals surface area contributed by atoms with Crippen molar-refractivity contribution in [3.8, 4) is 11.4 Å². The van der Waals surface area contributed by atoms with E-state index in [9.17, 15) is 4.79 Å². The van der Waals surface area contributed by atoms with Gasteiger partial charge < -0.3 is 9.64 Å². The van der Waals surface area contributed by atoms with Gasteiger partial charge in [-0.15, -0.1) is 10.2 Å². The van der Waals surface area contributed by atoms with E-state index >= 15 is 0 Å². The first kappa shape index (κ1) is 20.2. The third kappa shape index (κ3) is 4.85. The van der Waals surface area contributed by atoms with Gasteiger partial charge in [0.05, 0.1) is 18.6 Å². The van der Waals surface area contributed by atoms with Crippen molar-refractivity contribution in [3.63, 3.8) is 0 Å². The van der Waals surface area contributed by atoms with Crippen LogP contribution >= 0.6 is 23.4 Å². The van der Waals surface area contributed by atoms with E-state index in [0.29, 0.717) is 16.7 Å². The van der Waals surface area contributed by atoms with Crippen LogP contribution in [-0.4, -0.2) is 45.5 Å². The molecule has 0 N–H and O–H groups in total. The van der Waals surface area contributed by atoms with Crippen LogP contribution in [0.1, 0.15) is 11.4 Å². The number of carbonyl (C=O) groups excluding carboxylic acids is 1. The van der Waals surface area contributed by atoms with Crippen molar-refractivity contribution < 1.29 is 9.53 Å². The third-order valence-electron chi connectivity index (χ3n) is 4.19. The van der Waals surface area contributed by atoms with Gasteiger partial charge in [0.1, 0.15) is 11.6 Å². The van der Waals surface area contributed by atoms with Crippen molar-refractivity contribution >= 4 is 29.3 Å². The highest BCUT2D eigenvalue weighted by Crippen LogP contribution is 2.24. The van der Waals surface area contributed by atoms with E-state index in [1.807, 2.05) is 60.0 Å². The topological polar surface area (TPSA) is 60.2 Å². The third-order valence-corrected chi connectivity index (χ3v) is 5.36. The molecule has 3 aromatic rings. The highest BCUT2D eigenvalue weighted by molar-refractivity contribution is 7.99. The van der Waals surface area contributed by atoms with Crippen LogP contribution in [0, 0.1) is 6.92 Å². The van der Waals surface area contributed by atoms with Gasteiger partial charge in [-0.25, -0.2) is 0 Å². The van der Waals surface area contributed by atoms with Gasteiger partial charge in [-0.05, 0) is 36.8 Å². The second-order valence-corrected chi connectivity index (χ2v) is 7.61. The number of halogens is 1. The summed E-state index contributed by atoms with van der Waals surface area (Å²) in [4.78, 5) is 14.2. The maximum atomic E-state index is 12.5. The van der Waals surface area contributed by atoms with Gasteiger partial charge in [0.15, 0.2) is 5.16 Å². The molecule has 0 unspecified atom stereocenters. The van der Waals surface area contributed by atoms with Crippen molar-refractivity contribution in [2.75, 3.05) is 19.9 Å². The van der Waals surface area contributed by atoms with Crippen LogP contribution in [0.5, 0.6) is 5.75 Å². The molecule has 0 aliphatic heterocycles. The fourth-order valence-electron chi connectivity index (χ4n) is 2.67. The Labute approximate surface area is 173 Å². The molecule has 1 amide bonds. The zero-order valence-corrected chi connectivity index (χ0v) is 17.5. The van der Waals surface area contributed by atoms with Gasteiger partial charge in [0.25, 0.3) is 0 Å². The van der Waals surface area contributed by atoms with Crippen molar-refractivity contribution in [1.29, 1.82) is 0 Å². The highest BCUT2D eigenvalue weighted by Gasteiger charge is 2.16. The van der Waals surface area contributed by atoms with Crippen molar-refractivity contribution in [2.45, 2.75) is 18.6 Å². The number of rotatable bonds is 7. The number of thioether (sulfide) groups is 1. The van der Waals surface area contributed by atoms with E-state index in [1.165, 1.54) is 11.8 Å². The summed E-state index contributed by atoms with van der Waals surface area (Å²) < 4.78 is 7.21. The summed E-state index contributed by atoms with van der Waals surface area (Å²) in [6.07, 6.45) is 0. The fraction of sp³-hybridized carbons (Fsp3) is 0.250. The second-order valence-electron chi connectivity index (χ2n) is 6.23. The number of methoxy groups -OCH3 is 1. The fourth-order valence-corrected chi connectivity index (χ4v) is 3.74. The van der Waals surface area contributed by atoms with Gasteiger partial charge >= 0.3 is 0 Å². The molecule has 2 aromatic carbocycles. The molecular formula is C20H21ClN4O2S. The lowest BCUT2D eigenvalue weighted by atomic mass is 10.2. The number of hydrogen-bond donors (Lipinski definition) is 0. The number of aryl methyl sites for hydroxylation is 1. The molecule has 0 saturated heterocycles. The summed E-state index contributed by atoms with van der Waals surface area (Å²) in [5.74, 6) is 1.78. The minimum Gasteiger partial charge on any atom is -0.497 e. The molecule has 6 nitrogen and oxygen atoms in total. The number of ether oxygens (including phenoxy) is 1. The second kappa shape index (κ2) is 9.12. The number of benzene rings is 2. The molecule has 146 valence electrons.